The fraction of sp³-hybridized carbons (Fsp3) is 0.0556. The SMILES string of the molecule is O=C(CSc1nc2ccc(N=Cc3ccc(Sc4nc5ccccc5s4)c([N+](=O)[O-])c3)cc2s1)c1ccc2c(c1)Cc1ccccc1-2. The van der Waals surface area contributed by atoms with E-state index in [9.17, 15) is 14.9 Å². The highest BCUT2D eigenvalue weighted by Gasteiger charge is 2.20. The Labute approximate surface area is 285 Å². The van der Waals surface area contributed by atoms with Crippen molar-refractivity contribution in [3.05, 3.63) is 135 Å². The number of thiazole rings is 2. The quantitative estimate of drug-likeness (QED) is 0.0490. The van der Waals surface area contributed by atoms with E-state index in [1.165, 1.54) is 74.5 Å². The summed E-state index contributed by atoms with van der Waals surface area (Å²) in [6, 6.07) is 33.0. The average Bonchev–Trinajstić information content (AvgIpc) is 3.80. The van der Waals surface area contributed by atoms with E-state index in [1.54, 1.807) is 12.3 Å². The number of Topliss-reactive ketones (excluding diaryl/α,β-unsaturated/α-hetero) is 1. The Morgan fingerprint density at radius 1 is 0.830 bits per heavy atom. The van der Waals surface area contributed by atoms with Crippen molar-refractivity contribution in [1.82, 2.24) is 9.97 Å². The summed E-state index contributed by atoms with van der Waals surface area (Å²) in [5.74, 6) is 0.389. The molecule has 2 heterocycles. The van der Waals surface area contributed by atoms with E-state index in [4.69, 9.17) is 4.98 Å². The molecule has 0 unspecified atom stereocenters. The Morgan fingerprint density at radius 3 is 2.51 bits per heavy atom. The van der Waals surface area contributed by atoms with Crippen molar-refractivity contribution >= 4 is 90.0 Å². The fourth-order valence-electron chi connectivity index (χ4n) is 5.54. The standard InChI is InChI=1S/C36H22N4O3S4/c41-31(23-10-12-27-24(17-23)16-22-5-1-2-6-26(22)27)20-44-35-38-29-13-11-25(18-34(29)47-35)37-19-21-9-14-33(30(15-21)40(42)43)46-36-39-28-7-3-4-8-32(28)45-36/h1-15,17-19H,16,20H2. The van der Waals surface area contributed by atoms with E-state index in [0.29, 0.717) is 21.9 Å². The van der Waals surface area contributed by atoms with Gasteiger partial charge in [0.2, 0.25) is 0 Å². The molecule has 2 aromatic heterocycles. The van der Waals surface area contributed by atoms with Crippen LogP contribution in [0, 0.1) is 10.1 Å². The molecular weight excluding hydrogens is 665 g/mol. The van der Waals surface area contributed by atoms with Crippen LogP contribution in [0.15, 0.2) is 122 Å². The topological polar surface area (TPSA) is 98.3 Å². The van der Waals surface area contributed by atoms with Crippen LogP contribution in [0.3, 0.4) is 0 Å². The second kappa shape index (κ2) is 12.5. The molecule has 0 bridgehead atoms. The monoisotopic (exact) mass is 686 g/mol. The number of fused-ring (bicyclic) bond motifs is 5. The molecule has 228 valence electrons. The van der Waals surface area contributed by atoms with Crippen LogP contribution >= 0.6 is 46.2 Å². The predicted molar refractivity (Wildman–Crippen MR) is 193 cm³/mol. The van der Waals surface area contributed by atoms with Crippen molar-refractivity contribution in [2.24, 2.45) is 4.99 Å². The number of rotatable bonds is 9. The number of aromatic nitrogens is 2. The number of ketones is 1. The number of thioether (sulfide) groups is 1. The fourth-order valence-corrected chi connectivity index (χ4v) is 9.65. The molecule has 0 amide bonds. The van der Waals surface area contributed by atoms with Crippen molar-refractivity contribution in [2.45, 2.75) is 20.0 Å². The second-order valence-electron chi connectivity index (χ2n) is 10.8. The van der Waals surface area contributed by atoms with Gasteiger partial charge in [0.05, 0.1) is 41.7 Å². The maximum Gasteiger partial charge on any atom is 0.283 e. The highest BCUT2D eigenvalue weighted by molar-refractivity contribution is 8.01. The minimum absolute atomic E-state index is 0.0114. The van der Waals surface area contributed by atoms with E-state index < -0.39 is 0 Å². The molecule has 47 heavy (non-hydrogen) atoms. The normalized spacial score (nSPS) is 12.2. The third kappa shape index (κ3) is 6.10. The number of nitrogens with zero attached hydrogens (tertiary/aromatic N) is 4. The van der Waals surface area contributed by atoms with Crippen LogP contribution in [0.5, 0.6) is 0 Å². The molecule has 0 N–H and O–H groups in total. The molecule has 0 aliphatic heterocycles. The van der Waals surface area contributed by atoms with Gasteiger partial charge >= 0.3 is 0 Å². The first kappa shape index (κ1) is 29.7. The maximum absolute atomic E-state index is 13.1. The van der Waals surface area contributed by atoms with Crippen LogP contribution < -0.4 is 0 Å². The zero-order valence-corrected chi connectivity index (χ0v) is 27.7. The first-order valence-electron chi connectivity index (χ1n) is 14.6. The van der Waals surface area contributed by atoms with Crippen LogP contribution in [0.1, 0.15) is 27.0 Å². The van der Waals surface area contributed by atoms with Crippen LogP contribution in [0.2, 0.25) is 0 Å². The number of nitro benzene ring substituents is 1. The van der Waals surface area contributed by atoms with Crippen LogP contribution in [0.25, 0.3) is 31.6 Å². The summed E-state index contributed by atoms with van der Waals surface area (Å²) in [7, 11) is 0. The summed E-state index contributed by atoms with van der Waals surface area (Å²) in [6.07, 6.45) is 2.49. The molecule has 0 radical (unpaired) electrons. The molecule has 1 aliphatic rings. The van der Waals surface area contributed by atoms with Gasteiger partial charge < -0.3 is 0 Å². The van der Waals surface area contributed by atoms with Gasteiger partial charge in [-0.2, -0.15) is 0 Å². The number of hydrogen-bond acceptors (Lipinski definition) is 10. The zero-order valence-electron chi connectivity index (χ0n) is 24.5. The molecule has 7 aromatic rings. The van der Waals surface area contributed by atoms with Crippen molar-refractivity contribution in [2.75, 3.05) is 5.75 Å². The summed E-state index contributed by atoms with van der Waals surface area (Å²) >= 11 is 5.77. The van der Waals surface area contributed by atoms with Crippen LogP contribution in [-0.4, -0.2) is 32.6 Å². The van der Waals surface area contributed by atoms with Gasteiger partial charge in [0, 0.05) is 17.8 Å². The molecule has 0 atom stereocenters. The number of aliphatic imine (C=N–C) groups is 1. The number of benzene rings is 5. The summed E-state index contributed by atoms with van der Waals surface area (Å²) in [6.45, 7) is 0. The molecule has 7 nitrogen and oxygen atoms in total. The Kier molecular flexibility index (Phi) is 7.90. The second-order valence-corrected chi connectivity index (χ2v) is 15.4. The Balaban J connectivity index is 0.940. The zero-order chi connectivity index (χ0) is 31.9. The molecule has 1 aliphatic carbocycles. The first-order valence-corrected chi connectivity index (χ1v) is 18.0. The highest BCUT2D eigenvalue weighted by Crippen LogP contribution is 2.40. The van der Waals surface area contributed by atoms with Gasteiger partial charge in [-0.3, -0.25) is 19.9 Å². The maximum atomic E-state index is 13.1. The summed E-state index contributed by atoms with van der Waals surface area (Å²) in [5, 5.41) is 11.9. The number of carbonyl (C=O) groups excluding carboxylic acids is 1. The smallest absolute Gasteiger partial charge is 0.283 e. The summed E-state index contributed by atoms with van der Waals surface area (Å²) < 4.78 is 3.57. The van der Waals surface area contributed by atoms with E-state index in [2.05, 4.69) is 40.3 Å². The highest BCUT2D eigenvalue weighted by atomic mass is 32.2. The lowest BCUT2D eigenvalue weighted by atomic mass is 10.0. The first-order chi connectivity index (χ1) is 23.0. The molecule has 11 heteroatoms. The van der Waals surface area contributed by atoms with E-state index in [1.807, 2.05) is 60.7 Å². The molecule has 0 fully saturated rings. The third-order valence-electron chi connectivity index (χ3n) is 7.81. The van der Waals surface area contributed by atoms with Gasteiger partial charge in [-0.1, -0.05) is 78.1 Å². The largest absolute Gasteiger partial charge is 0.293 e. The van der Waals surface area contributed by atoms with Crippen molar-refractivity contribution < 1.29 is 9.72 Å². The summed E-state index contributed by atoms with van der Waals surface area (Å²) in [4.78, 5) is 39.1. The van der Waals surface area contributed by atoms with E-state index >= 15 is 0 Å². The van der Waals surface area contributed by atoms with Gasteiger partial charge in [-0.15, -0.1) is 22.7 Å². The van der Waals surface area contributed by atoms with Crippen molar-refractivity contribution in [1.29, 1.82) is 0 Å². The lowest BCUT2D eigenvalue weighted by Crippen LogP contribution is -2.03. The Morgan fingerprint density at radius 2 is 1.62 bits per heavy atom. The number of nitro groups is 1. The lowest BCUT2D eigenvalue weighted by molar-refractivity contribution is -0.387. The minimum Gasteiger partial charge on any atom is -0.293 e. The minimum atomic E-state index is -0.371. The van der Waals surface area contributed by atoms with Gasteiger partial charge in [0.25, 0.3) is 5.69 Å². The number of hydrogen-bond donors (Lipinski definition) is 0. The number of para-hydroxylation sites is 1. The Hall–Kier alpha value is -4.68. The molecule has 5 aromatic carbocycles. The summed E-state index contributed by atoms with van der Waals surface area (Å²) in [5.41, 5.74) is 8.76. The van der Waals surface area contributed by atoms with Gasteiger partial charge in [0.1, 0.15) is 0 Å². The van der Waals surface area contributed by atoms with Gasteiger partial charge in [-0.25, -0.2) is 9.97 Å². The lowest BCUT2D eigenvalue weighted by Gasteiger charge is -2.04. The number of carbonyl (C=O) groups is 1. The van der Waals surface area contributed by atoms with Crippen molar-refractivity contribution in [3.63, 3.8) is 0 Å². The predicted octanol–water partition coefficient (Wildman–Crippen LogP) is 10.3. The third-order valence-corrected chi connectivity index (χ3v) is 12.1. The van der Waals surface area contributed by atoms with Crippen molar-refractivity contribution in [3.8, 4) is 11.1 Å². The van der Waals surface area contributed by atoms with E-state index in [0.717, 1.165) is 41.1 Å². The molecular formula is C36H22N4O3S4. The average molecular weight is 687 g/mol. The molecule has 0 saturated carbocycles. The van der Waals surface area contributed by atoms with Gasteiger partial charge in [-0.05, 0) is 76.7 Å². The van der Waals surface area contributed by atoms with E-state index in [-0.39, 0.29) is 16.4 Å². The Bertz CT molecular complexity index is 2360. The molecule has 8 rings (SSSR count). The molecule has 0 saturated heterocycles. The van der Waals surface area contributed by atoms with Crippen LogP contribution in [-0.2, 0) is 6.42 Å². The van der Waals surface area contributed by atoms with Crippen LogP contribution in [0.4, 0.5) is 11.4 Å². The van der Waals surface area contributed by atoms with Gasteiger partial charge in [0.15, 0.2) is 14.5 Å². The molecule has 0 spiro atoms.